The van der Waals surface area contributed by atoms with E-state index in [1.54, 1.807) is 18.2 Å². The average Bonchev–Trinajstić information content (AvgIpc) is 2.37. The van der Waals surface area contributed by atoms with Crippen molar-refractivity contribution >= 4 is 21.7 Å². The molecule has 1 rings (SSSR count). The van der Waals surface area contributed by atoms with Gasteiger partial charge in [-0.2, -0.15) is 0 Å². The molecule has 1 aromatic rings. The standard InChI is InChI=1S/C13H18N2O4S/c1-4-9-15(10-13(16)17)11-7-5-6-8-12(11)20(18,19)14(2)3/h4-8H,1,9-10H2,2-3H3,(H,16,17). The third kappa shape index (κ3) is 3.58. The molecule has 0 saturated carbocycles. The molecule has 0 saturated heterocycles. The van der Waals surface area contributed by atoms with Crippen molar-refractivity contribution in [3.05, 3.63) is 36.9 Å². The van der Waals surface area contributed by atoms with Gasteiger partial charge in [0, 0.05) is 20.6 Å². The van der Waals surface area contributed by atoms with Crippen LogP contribution in [0.4, 0.5) is 5.69 Å². The minimum absolute atomic E-state index is 0.0769. The van der Waals surface area contributed by atoms with Crippen molar-refractivity contribution in [2.45, 2.75) is 4.90 Å². The highest BCUT2D eigenvalue weighted by molar-refractivity contribution is 7.89. The molecule has 0 bridgehead atoms. The van der Waals surface area contributed by atoms with Crippen molar-refractivity contribution in [1.29, 1.82) is 0 Å². The fourth-order valence-corrected chi connectivity index (χ4v) is 2.81. The van der Waals surface area contributed by atoms with Crippen LogP contribution in [0.2, 0.25) is 0 Å². The van der Waals surface area contributed by atoms with Crippen molar-refractivity contribution < 1.29 is 18.3 Å². The largest absolute Gasteiger partial charge is 0.480 e. The number of anilines is 1. The van der Waals surface area contributed by atoms with Gasteiger partial charge in [0.15, 0.2) is 0 Å². The summed E-state index contributed by atoms with van der Waals surface area (Å²) in [7, 11) is -0.779. The second kappa shape index (κ2) is 6.53. The maximum atomic E-state index is 12.3. The van der Waals surface area contributed by atoms with E-state index in [1.165, 1.54) is 31.1 Å². The Balaban J connectivity index is 3.36. The van der Waals surface area contributed by atoms with Crippen LogP contribution in [0.5, 0.6) is 0 Å². The highest BCUT2D eigenvalue weighted by atomic mass is 32.2. The monoisotopic (exact) mass is 298 g/mol. The summed E-state index contributed by atoms with van der Waals surface area (Å²) in [6, 6.07) is 6.32. The molecule has 0 spiro atoms. The fourth-order valence-electron chi connectivity index (χ4n) is 1.70. The molecule has 0 atom stereocenters. The van der Waals surface area contributed by atoms with E-state index in [4.69, 9.17) is 5.11 Å². The molecule has 1 aromatic carbocycles. The van der Waals surface area contributed by atoms with Gasteiger partial charge < -0.3 is 10.0 Å². The molecule has 0 heterocycles. The van der Waals surface area contributed by atoms with Crippen LogP contribution in [0.25, 0.3) is 0 Å². The van der Waals surface area contributed by atoms with E-state index < -0.39 is 16.0 Å². The van der Waals surface area contributed by atoms with Crippen LogP contribution in [0.1, 0.15) is 0 Å². The van der Waals surface area contributed by atoms with Crippen LogP contribution in [-0.2, 0) is 14.8 Å². The van der Waals surface area contributed by atoms with E-state index in [9.17, 15) is 13.2 Å². The molecule has 110 valence electrons. The molecule has 0 fully saturated rings. The Morgan fingerprint density at radius 3 is 2.45 bits per heavy atom. The number of hydrogen-bond acceptors (Lipinski definition) is 4. The predicted octanol–water partition coefficient (Wildman–Crippen LogP) is 1.01. The zero-order valence-electron chi connectivity index (χ0n) is 11.5. The van der Waals surface area contributed by atoms with E-state index in [2.05, 4.69) is 6.58 Å². The van der Waals surface area contributed by atoms with Crippen LogP contribution >= 0.6 is 0 Å². The summed E-state index contributed by atoms with van der Waals surface area (Å²) in [5, 5.41) is 8.94. The Hall–Kier alpha value is -1.86. The SMILES string of the molecule is C=CCN(CC(=O)O)c1ccccc1S(=O)(=O)N(C)C. The Labute approximate surface area is 119 Å². The first-order chi connectivity index (χ1) is 9.30. The molecule has 0 aromatic heterocycles. The van der Waals surface area contributed by atoms with E-state index >= 15 is 0 Å². The number of aliphatic carboxylic acids is 1. The second-order valence-corrected chi connectivity index (χ2v) is 6.44. The van der Waals surface area contributed by atoms with Gasteiger partial charge in [-0.1, -0.05) is 18.2 Å². The summed E-state index contributed by atoms with van der Waals surface area (Å²) in [5.41, 5.74) is 0.350. The van der Waals surface area contributed by atoms with Gasteiger partial charge >= 0.3 is 5.97 Å². The number of carboxylic acids is 1. The zero-order chi connectivity index (χ0) is 15.3. The number of benzene rings is 1. The Morgan fingerprint density at radius 1 is 1.35 bits per heavy atom. The summed E-state index contributed by atoms with van der Waals surface area (Å²) in [5.74, 6) is -1.04. The summed E-state index contributed by atoms with van der Waals surface area (Å²) in [6.45, 7) is 3.51. The lowest BCUT2D eigenvalue weighted by molar-refractivity contribution is -0.135. The Kier molecular flexibility index (Phi) is 5.29. The van der Waals surface area contributed by atoms with E-state index in [0.29, 0.717) is 5.69 Å². The van der Waals surface area contributed by atoms with Gasteiger partial charge in [-0.05, 0) is 12.1 Å². The Bertz CT molecular complexity index is 596. The minimum atomic E-state index is -3.64. The number of nitrogens with zero attached hydrogens (tertiary/aromatic N) is 2. The third-order valence-corrected chi connectivity index (χ3v) is 4.50. The van der Waals surface area contributed by atoms with Gasteiger partial charge in [-0.3, -0.25) is 4.79 Å². The lowest BCUT2D eigenvalue weighted by atomic mass is 10.3. The first-order valence-corrected chi connectivity index (χ1v) is 7.34. The maximum Gasteiger partial charge on any atom is 0.323 e. The molecule has 7 heteroatoms. The number of sulfonamides is 1. The molecule has 0 unspecified atom stereocenters. The molecular formula is C13H18N2O4S. The van der Waals surface area contributed by atoms with Crippen molar-refractivity contribution in [2.75, 3.05) is 32.1 Å². The van der Waals surface area contributed by atoms with Crippen molar-refractivity contribution in [2.24, 2.45) is 0 Å². The van der Waals surface area contributed by atoms with Gasteiger partial charge in [0.2, 0.25) is 10.0 Å². The highest BCUT2D eigenvalue weighted by Gasteiger charge is 2.24. The van der Waals surface area contributed by atoms with Gasteiger partial charge in [0.25, 0.3) is 0 Å². The summed E-state index contributed by atoms with van der Waals surface area (Å²) < 4.78 is 25.6. The van der Waals surface area contributed by atoms with E-state index in [1.807, 2.05) is 0 Å². The molecule has 6 nitrogen and oxygen atoms in total. The first-order valence-electron chi connectivity index (χ1n) is 5.90. The van der Waals surface area contributed by atoms with Crippen molar-refractivity contribution in [3.63, 3.8) is 0 Å². The zero-order valence-corrected chi connectivity index (χ0v) is 12.3. The maximum absolute atomic E-state index is 12.3. The quantitative estimate of drug-likeness (QED) is 0.760. The number of carboxylic acid groups (broad SMARTS) is 1. The van der Waals surface area contributed by atoms with E-state index in [0.717, 1.165) is 4.31 Å². The van der Waals surface area contributed by atoms with Crippen LogP contribution in [0.3, 0.4) is 0 Å². The van der Waals surface area contributed by atoms with Gasteiger partial charge in [-0.15, -0.1) is 6.58 Å². The number of hydrogen-bond donors (Lipinski definition) is 1. The molecule has 20 heavy (non-hydrogen) atoms. The van der Waals surface area contributed by atoms with E-state index in [-0.39, 0.29) is 18.0 Å². The normalized spacial score (nSPS) is 11.3. The lowest BCUT2D eigenvalue weighted by Gasteiger charge is -2.25. The molecule has 1 N–H and O–H groups in total. The predicted molar refractivity (Wildman–Crippen MR) is 77.4 cm³/mol. The molecule has 0 aliphatic rings. The fraction of sp³-hybridized carbons (Fsp3) is 0.308. The molecular weight excluding hydrogens is 280 g/mol. The van der Waals surface area contributed by atoms with Crippen LogP contribution in [0.15, 0.2) is 41.8 Å². The summed E-state index contributed by atoms with van der Waals surface area (Å²) >= 11 is 0. The number of rotatable bonds is 7. The number of carbonyl (C=O) groups is 1. The highest BCUT2D eigenvalue weighted by Crippen LogP contribution is 2.26. The van der Waals surface area contributed by atoms with Crippen molar-refractivity contribution in [3.8, 4) is 0 Å². The van der Waals surface area contributed by atoms with Gasteiger partial charge in [0.1, 0.15) is 11.4 Å². The molecule has 0 aliphatic carbocycles. The minimum Gasteiger partial charge on any atom is -0.480 e. The first kappa shape index (κ1) is 16.2. The van der Waals surface area contributed by atoms with Crippen LogP contribution in [-0.4, -0.2) is 51.0 Å². The summed E-state index contributed by atoms with van der Waals surface area (Å²) in [6.07, 6.45) is 1.53. The smallest absolute Gasteiger partial charge is 0.323 e. The number of para-hydroxylation sites is 1. The second-order valence-electron chi connectivity index (χ2n) is 4.32. The molecule has 0 amide bonds. The topological polar surface area (TPSA) is 77.9 Å². The van der Waals surface area contributed by atoms with Crippen LogP contribution in [0, 0.1) is 0 Å². The van der Waals surface area contributed by atoms with Crippen LogP contribution < -0.4 is 4.90 Å². The summed E-state index contributed by atoms with van der Waals surface area (Å²) in [4.78, 5) is 12.4. The van der Waals surface area contributed by atoms with Crippen molar-refractivity contribution in [1.82, 2.24) is 4.31 Å². The molecule has 0 aliphatic heterocycles. The van der Waals surface area contributed by atoms with Gasteiger partial charge in [0.05, 0.1) is 5.69 Å². The lowest BCUT2D eigenvalue weighted by Crippen LogP contribution is -2.32. The molecule has 0 radical (unpaired) electrons. The average molecular weight is 298 g/mol. The Morgan fingerprint density at radius 2 is 1.95 bits per heavy atom. The third-order valence-electron chi connectivity index (χ3n) is 2.64. The van der Waals surface area contributed by atoms with Gasteiger partial charge in [-0.25, -0.2) is 12.7 Å².